The van der Waals surface area contributed by atoms with Gasteiger partial charge in [-0.25, -0.2) is 4.79 Å². The van der Waals surface area contributed by atoms with Crippen LogP contribution in [-0.2, 0) is 0 Å². The first-order valence-electron chi connectivity index (χ1n) is 6.34. The summed E-state index contributed by atoms with van der Waals surface area (Å²) in [6, 6.07) is 6.90. The van der Waals surface area contributed by atoms with E-state index < -0.39 is 0 Å². The van der Waals surface area contributed by atoms with E-state index in [0.29, 0.717) is 11.3 Å². The van der Waals surface area contributed by atoms with E-state index in [0.717, 1.165) is 12.8 Å². The zero-order chi connectivity index (χ0) is 13.7. The van der Waals surface area contributed by atoms with Crippen molar-refractivity contribution in [3.63, 3.8) is 0 Å². The van der Waals surface area contributed by atoms with Crippen molar-refractivity contribution in [3.8, 4) is 0 Å². The van der Waals surface area contributed by atoms with Crippen LogP contribution in [0.15, 0.2) is 29.4 Å². The van der Waals surface area contributed by atoms with Gasteiger partial charge in [-0.05, 0) is 25.0 Å². The molecular weight excluding hydrogens is 244 g/mol. The molecule has 0 unspecified atom stereocenters. The molecule has 0 aromatic heterocycles. The van der Waals surface area contributed by atoms with Gasteiger partial charge in [-0.3, -0.25) is 0 Å². The average molecular weight is 262 g/mol. The minimum atomic E-state index is -0.219. The summed E-state index contributed by atoms with van der Waals surface area (Å²) >= 11 is 0. The third-order valence-electron chi connectivity index (χ3n) is 3.21. The van der Waals surface area contributed by atoms with Gasteiger partial charge in [0.2, 0.25) is 0 Å². The second-order valence-corrected chi connectivity index (χ2v) is 4.65. The molecule has 0 aliphatic heterocycles. The van der Waals surface area contributed by atoms with Crippen LogP contribution in [0.5, 0.6) is 0 Å². The quantitative estimate of drug-likeness (QED) is 0.289. The molecule has 1 aromatic carbocycles. The van der Waals surface area contributed by atoms with E-state index in [2.05, 4.69) is 15.8 Å². The number of nitrogens with one attached hydrogen (secondary N) is 2. The molecule has 6 heteroatoms. The summed E-state index contributed by atoms with van der Waals surface area (Å²) in [6.07, 6.45) is 4.42. The van der Waals surface area contributed by atoms with Crippen LogP contribution >= 0.6 is 0 Å². The van der Waals surface area contributed by atoms with Crippen LogP contribution in [0.2, 0.25) is 0 Å². The maximum absolute atomic E-state index is 11.8. The normalized spacial score (nSPS) is 16.3. The Kier molecular flexibility index (Phi) is 4.22. The number of oxime groups is 1. The number of carbonyl (C=O) groups is 1. The maximum atomic E-state index is 11.8. The molecule has 0 heterocycles. The second-order valence-electron chi connectivity index (χ2n) is 4.65. The summed E-state index contributed by atoms with van der Waals surface area (Å²) in [5, 5.41) is 17.2. The molecular formula is C13H18N4O2. The summed E-state index contributed by atoms with van der Waals surface area (Å²) in [7, 11) is 0. The predicted octanol–water partition coefficient (Wildman–Crippen LogP) is 1.85. The minimum absolute atomic E-state index is 0.0138. The molecule has 1 fully saturated rings. The molecule has 1 aliphatic carbocycles. The summed E-state index contributed by atoms with van der Waals surface area (Å²) in [5.74, 6) is 0.0138. The lowest BCUT2D eigenvalue weighted by Crippen LogP contribution is -2.36. The minimum Gasteiger partial charge on any atom is -0.409 e. The Morgan fingerprint density at radius 2 is 2.11 bits per heavy atom. The monoisotopic (exact) mass is 262 g/mol. The third kappa shape index (κ3) is 3.61. The van der Waals surface area contributed by atoms with Crippen LogP contribution in [0.4, 0.5) is 10.5 Å². The standard InChI is InChI=1S/C13H18N4O2/c14-12(17-19)9-4-3-7-11(8-9)16-13(18)15-10-5-1-2-6-10/h3-4,7-8,10,19H,1-2,5-6H2,(H2,14,17)(H2,15,16,18). The van der Waals surface area contributed by atoms with Crippen LogP contribution < -0.4 is 16.4 Å². The van der Waals surface area contributed by atoms with Crippen molar-refractivity contribution < 1.29 is 10.0 Å². The van der Waals surface area contributed by atoms with Crippen LogP contribution in [-0.4, -0.2) is 23.1 Å². The number of rotatable bonds is 3. The highest BCUT2D eigenvalue weighted by atomic mass is 16.4. The fourth-order valence-electron chi connectivity index (χ4n) is 2.24. The number of hydrogen-bond acceptors (Lipinski definition) is 3. The topological polar surface area (TPSA) is 99.7 Å². The number of benzene rings is 1. The Bertz CT molecular complexity index is 481. The first kappa shape index (κ1) is 13.2. The Labute approximate surface area is 111 Å². The Morgan fingerprint density at radius 3 is 2.79 bits per heavy atom. The van der Waals surface area contributed by atoms with E-state index >= 15 is 0 Å². The molecule has 0 bridgehead atoms. The number of nitrogens with zero attached hydrogens (tertiary/aromatic N) is 1. The van der Waals surface area contributed by atoms with Crippen molar-refractivity contribution in [2.75, 3.05) is 5.32 Å². The molecule has 0 saturated heterocycles. The van der Waals surface area contributed by atoms with E-state index in [9.17, 15) is 4.79 Å². The molecule has 2 rings (SSSR count). The summed E-state index contributed by atoms with van der Waals surface area (Å²) in [6.45, 7) is 0. The first-order chi connectivity index (χ1) is 9.19. The number of anilines is 1. The highest BCUT2D eigenvalue weighted by Crippen LogP contribution is 2.18. The molecule has 2 amide bonds. The van der Waals surface area contributed by atoms with Gasteiger partial charge in [0.1, 0.15) is 0 Å². The third-order valence-corrected chi connectivity index (χ3v) is 3.21. The van der Waals surface area contributed by atoms with E-state index in [1.54, 1.807) is 24.3 Å². The molecule has 19 heavy (non-hydrogen) atoms. The molecule has 1 aliphatic rings. The van der Waals surface area contributed by atoms with Crippen molar-refractivity contribution in [1.29, 1.82) is 0 Å². The molecule has 102 valence electrons. The van der Waals surface area contributed by atoms with Crippen molar-refractivity contribution >= 4 is 17.6 Å². The Balaban J connectivity index is 1.96. The maximum Gasteiger partial charge on any atom is 0.319 e. The van der Waals surface area contributed by atoms with Gasteiger partial charge < -0.3 is 21.6 Å². The highest BCUT2D eigenvalue weighted by Gasteiger charge is 2.16. The molecule has 5 N–H and O–H groups in total. The predicted molar refractivity (Wildman–Crippen MR) is 73.4 cm³/mol. The van der Waals surface area contributed by atoms with E-state index in [1.165, 1.54) is 12.8 Å². The van der Waals surface area contributed by atoms with Gasteiger partial charge >= 0.3 is 6.03 Å². The van der Waals surface area contributed by atoms with Crippen molar-refractivity contribution in [2.24, 2.45) is 10.9 Å². The first-order valence-corrected chi connectivity index (χ1v) is 6.34. The Hall–Kier alpha value is -2.24. The SMILES string of the molecule is NC(=NO)c1cccc(NC(=O)NC2CCCC2)c1. The lowest BCUT2D eigenvalue weighted by atomic mass is 10.2. The van der Waals surface area contributed by atoms with E-state index in [4.69, 9.17) is 10.9 Å². The van der Waals surface area contributed by atoms with E-state index in [1.807, 2.05) is 0 Å². The van der Waals surface area contributed by atoms with E-state index in [-0.39, 0.29) is 17.9 Å². The number of nitrogens with two attached hydrogens (primary N) is 1. The molecule has 1 saturated carbocycles. The van der Waals surface area contributed by atoms with Crippen molar-refractivity contribution in [1.82, 2.24) is 5.32 Å². The summed E-state index contributed by atoms with van der Waals surface area (Å²) in [4.78, 5) is 11.8. The lowest BCUT2D eigenvalue weighted by molar-refractivity contribution is 0.248. The van der Waals surface area contributed by atoms with Crippen molar-refractivity contribution in [2.45, 2.75) is 31.7 Å². The number of amidine groups is 1. The van der Waals surface area contributed by atoms with Crippen LogP contribution in [0.3, 0.4) is 0 Å². The van der Waals surface area contributed by atoms with Gasteiger partial charge in [0.05, 0.1) is 0 Å². The van der Waals surface area contributed by atoms with Crippen molar-refractivity contribution in [3.05, 3.63) is 29.8 Å². The van der Waals surface area contributed by atoms with Gasteiger partial charge in [0.25, 0.3) is 0 Å². The smallest absolute Gasteiger partial charge is 0.319 e. The van der Waals surface area contributed by atoms with Gasteiger partial charge in [0.15, 0.2) is 5.84 Å². The molecule has 0 atom stereocenters. The van der Waals surface area contributed by atoms with Gasteiger partial charge in [-0.15, -0.1) is 0 Å². The second kappa shape index (κ2) is 6.08. The van der Waals surface area contributed by atoms with Crippen LogP contribution in [0.1, 0.15) is 31.2 Å². The van der Waals surface area contributed by atoms with Gasteiger partial charge in [-0.1, -0.05) is 30.1 Å². The zero-order valence-electron chi connectivity index (χ0n) is 10.6. The Morgan fingerprint density at radius 1 is 1.37 bits per heavy atom. The molecule has 6 nitrogen and oxygen atoms in total. The van der Waals surface area contributed by atoms with Gasteiger partial charge in [0, 0.05) is 17.3 Å². The van der Waals surface area contributed by atoms with Gasteiger partial charge in [-0.2, -0.15) is 0 Å². The fraction of sp³-hybridized carbons (Fsp3) is 0.385. The number of amides is 2. The number of carbonyl (C=O) groups excluding carboxylic acids is 1. The number of hydrogen-bond donors (Lipinski definition) is 4. The summed E-state index contributed by atoms with van der Waals surface area (Å²) < 4.78 is 0. The average Bonchev–Trinajstić information content (AvgIpc) is 2.90. The van der Waals surface area contributed by atoms with Crippen LogP contribution in [0, 0.1) is 0 Å². The molecule has 0 spiro atoms. The summed E-state index contributed by atoms with van der Waals surface area (Å²) in [5.41, 5.74) is 6.67. The largest absolute Gasteiger partial charge is 0.409 e. The lowest BCUT2D eigenvalue weighted by Gasteiger charge is -2.13. The highest BCUT2D eigenvalue weighted by molar-refractivity contribution is 5.99. The zero-order valence-corrected chi connectivity index (χ0v) is 10.6. The molecule has 1 aromatic rings. The molecule has 0 radical (unpaired) electrons. The fourth-order valence-corrected chi connectivity index (χ4v) is 2.24. The van der Waals surface area contributed by atoms with Crippen LogP contribution in [0.25, 0.3) is 0 Å². The number of urea groups is 1.